The molecule has 0 spiro atoms. The van der Waals surface area contributed by atoms with Gasteiger partial charge < -0.3 is 15.4 Å². The molecule has 0 bridgehead atoms. The molecule has 0 unspecified atom stereocenters. The summed E-state index contributed by atoms with van der Waals surface area (Å²) in [7, 11) is 0. The molecule has 2 rings (SSSR count). The zero-order valence-corrected chi connectivity index (χ0v) is 13.2. The Morgan fingerprint density at radius 1 is 1.26 bits per heavy atom. The molecule has 23 heavy (non-hydrogen) atoms. The van der Waals surface area contributed by atoms with Crippen LogP contribution in [0.25, 0.3) is 6.08 Å². The van der Waals surface area contributed by atoms with Gasteiger partial charge in [0.15, 0.2) is 0 Å². The van der Waals surface area contributed by atoms with E-state index in [2.05, 4.69) is 20.6 Å². The number of ether oxygens (including phenoxy) is 1. The fraction of sp³-hybridized carbons (Fsp3) is 0.235. The Hall–Kier alpha value is -2.89. The van der Waals surface area contributed by atoms with Crippen molar-refractivity contribution < 1.29 is 9.53 Å². The number of nitrogens with zero attached hydrogens (tertiary/aromatic N) is 2. The standard InChI is InChI=1S/C17H20N4O2/c1-3-18-16-13(10-11-15(22)23-4-2)12-19-17(21-16)20-14-8-6-5-7-9-14/h5-12H,3-4H2,1-2H3,(H2,18,19,20,21). The van der Waals surface area contributed by atoms with E-state index in [-0.39, 0.29) is 5.97 Å². The predicted octanol–water partition coefficient (Wildman–Crippen LogP) is 3.23. The molecule has 0 fully saturated rings. The van der Waals surface area contributed by atoms with E-state index in [0.717, 1.165) is 11.3 Å². The first-order valence-electron chi connectivity index (χ1n) is 7.50. The van der Waals surface area contributed by atoms with Crippen LogP contribution in [-0.4, -0.2) is 29.1 Å². The lowest BCUT2D eigenvalue weighted by molar-refractivity contribution is -0.137. The Morgan fingerprint density at radius 3 is 2.74 bits per heavy atom. The molecule has 0 aliphatic carbocycles. The van der Waals surface area contributed by atoms with E-state index in [4.69, 9.17) is 4.74 Å². The molecule has 0 atom stereocenters. The van der Waals surface area contributed by atoms with Crippen LogP contribution in [-0.2, 0) is 9.53 Å². The van der Waals surface area contributed by atoms with Crippen molar-refractivity contribution in [3.05, 3.63) is 48.2 Å². The van der Waals surface area contributed by atoms with Gasteiger partial charge in [-0.1, -0.05) is 18.2 Å². The topological polar surface area (TPSA) is 76.1 Å². The van der Waals surface area contributed by atoms with Crippen LogP contribution in [0.1, 0.15) is 19.4 Å². The van der Waals surface area contributed by atoms with Crippen molar-refractivity contribution in [1.82, 2.24) is 9.97 Å². The van der Waals surface area contributed by atoms with Crippen LogP contribution >= 0.6 is 0 Å². The van der Waals surface area contributed by atoms with E-state index >= 15 is 0 Å². The van der Waals surface area contributed by atoms with E-state index in [1.54, 1.807) is 19.2 Å². The number of hydrogen-bond donors (Lipinski definition) is 2. The Balaban J connectivity index is 2.18. The summed E-state index contributed by atoms with van der Waals surface area (Å²) in [5.74, 6) is 0.753. The van der Waals surface area contributed by atoms with Crippen LogP contribution in [0.2, 0.25) is 0 Å². The molecule has 0 radical (unpaired) electrons. The lowest BCUT2D eigenvalue weighted by Gasteiger charge is -2.10. The molecule has 0 saturated heterocycles. The third-order valence-corrected chi connectivity index (χ3v) is 2.88. The third-order valence-electron chi connectivity index (χ3n) is 2.88. The average Bonchev–Trinajstić information content (AvgIpc) is 2.56. The number of carbonyl (C=O) groups excluding carboxylic acids is 1. The zero-order valence-electron chi connectivity index (χ0n) is 13.2. The van der Waals surface area contributed by atoms with Crippen molar-refractivity contribution >= 4 is 29.5 Å². The fourth-order valence-electron chi connectivity index (χ4n) is 1.88. The lowest BCUT2D eigenvalue weighted by Crippen LogP contribution is -2.06. The minimum absolute atomic E-state index is 0.347. The van der Waals surface area contributed by atoms with Crippen LogP contribution in [0.4, 0.5) is 17.5 Å². The van der Waals surface area contributed by atoms with E-state index in [1.807, 2.05) is 37.3 Å². The predicted molar refractivity (Wildman–Crippen MR) is 91.6 cm³/mol. The highest BCUT2D eigenvalue weighted by atomic mass is 16.5. The summed E-state index contributed by atoms with van der Waals surface area (Å²) < 4.78 is 4.87. The minimum atomic E-state index is -0.388. The van der Waals surface area contributed by atoms with Gasteiger partial charge in [0.2, 0.25) is 5.95 Å². The first kappa shape index (κ1) is 16.5. The molecule has 2 N–H and O–H groups in total. The number of hydrogen-bond acceptors (Lipinski definition) is 6. The highest BCUT2D eigenvalue weighted by Gasteiger charge is 2.05. The van der Waals surface area contributed by atoms with Crippen molar-refractivity contribution in [3.63, 3.8) is 0 Å². The van der Waals surface area contributed by atoms with Crippen molar-refractivity contribution in [2.75, 3.05) is 23.8 Å². The lowest BCUT2D eigenvalue weighted by atomic mass is 10.2. The first-order chi connectivity index (χ1) is 11.2. The van der Waals surface area contributed by atoms with Gasteiger partial charge in [-0.05, 0) is 32.1 Å². The monoisotopic (exact) mass is 312 g/mol. The molecule has 0 aliphatic rings. The van der Waals surface area contributed by atoms with Gasteiger partial charge in [0.1, 0.15) is 5.82 Å². The first-order valence-corrected chi connectivity index (χ1v) is 7.50. The number of rotatable bonds is 7. The maximum Gasteiger partial charge on any atom is 0.330 e. The van der Waals surface area contributed by atoms with Crippen LogP contribution in [0.3, 0.4) is 0 Å². The molecule has 0 aliphatic heterocycles. The summed E-state index contributed by atoms with van der Waals surface area (Å²) >= 11 is 0. The Bertz CT molecular complexity index is 672. The van der Waals surface area contributed by atoms with Crippen molar-refractivity contribution in [2.24, 2.45) is 0 Å². The van der Waals surface area contributed by atoms with Gasteiger partial charge in [-0.15, -0.1) is 0 Å². The second-order valence-corrected chi connectivity index (χ2v) is 4.60. The van der Waals surface area contributed by atoms with E-state index < -0.39 is 0 Å². The molecule has 1 aromatic carbocycles. The largest absolute Gasteiger partial charge is 0.463 e. The fourth-order valence-corrected chi connectivity index (χ4v) is 1.88. The highest BCUT2D eigenvalue weighted by molar-refractivity contribution is 5.88. The second kappa shape index (κ2) is 8.53. The average molecular weight is 312 g/mol. The number of aromatic nitrogens is 2. The number of nitrogens with one attached hydrogen (secondary N) is 2. The van der Waals surface area contributed by atoms with Crippen LogP contribution < -0.4 is 10.6 Å². The number of para-hydroxylation sites is 1. The maximum atomic E-state index is 11.4. The smallest absolute Gasteiger partial charge is 0.330 e. The molecule has 2 aromatic rings. The van der Waals surface area contributed by atoms with Crippen LogP contribution in [0, 0.1) is 0 Å². The summed E-state index contributed by atoms with van der Waals surface area (Å²) in [5.41, 5.74) is 1.63. The zero-order chi connectivity index (χ0) is 16.5. The molecule has 6 heteroatoms. The second-order valence-electron chi connectivity index (χ2n) is 4.60. The van der Waals surface area contributed by atoms with Crippen LogP contribution in [0.15, 0.2) is 42.6 Å². The van der Waals surface area contributed by atoms with Gasteiger partial charge in [0, 0.05) is 30.1 Å². The quantitative estimate of drug-likeness (QED) is 0.604. The summed E-state index contributed by atoms with van der Waals surface area (Å²) in [6.45, 7) is 4.80. The molecule has 1 heterocycles. The molecular formula is C17H20N4O2. The Morgan fingerprint density at radius 2 is 2.04 bits per heavy atom. The molecule has 0 amide bonds. The normalized spacial score (nSPS) is 10.5. The number of anilines is 3. The summed E-state index contributed by atoms with van der Waals surface area (Å²) in [4.78, 5) is 20.1. The van der Waals surface area contributed by atoms with Gasteiger partial charge in [-0.3, -0.25) is 0 Å². The Labute approximate surface area is 135 Å². The molecule has 6 nitrogen and oxygen atoms in total. The summed E-state index contributed by atoms with van der Waals surface area (Å²) in [6, 6.07) is 9.68. The minimum Gasteiger partial charge on any atom is -0.463 e. The number of esters is 1. The van der Waals surface area contributed by atoms with Crippen molar-refractivity contribution in [3.8, 4) is 0 Å². The highest BCUT2D eigenvalue weighted by Crippen LogP contribution is 2.18. The van der Waals surface area contributed by atoms with Crippen molar-refractivity contribution in [2.45, 2.75) is 13.8 Å². The Kier molecular flexibility index (Phi) is 6.11. The molecule has 0 saturated carbocycles. The van der Waals surface area contributed by atoms with Gasteiger partial charge in [0.05, 0.1) is 6.61 Å². The van der Waals surface area contributed by atoms with Crippen LogP contribution in [0.5, 0.6) is 0 Å². The summed E-state index contributed by atoms with van der Waals surface area (Å²) in [5, 5.41) is 6.30. The summed E-state index contributed by atoms with van der Waals surface area (Å²) in [6.07, 6.45) is 4.67. The van der Waals surface area contributed by atoms with E-state index in [9.17, 15) is 4.79 Å². The SMILES string of the molecule is CCNc1nc(Nc2ccccc2)ncc1C=CC(=O)OCC. The molecule has 120 valence electrons. The number of carbonyl (C=O) groups is 1. The van der Waals surface area contributed by atoms with E-state index in [0.29, 0.717) is 24.9 Å². The number of benzene rings is 1. The molecule has 1 aromatic heterocycles. The van der Waals surface area contributed by atoms with Crippen molar-refractivity contribution in [1.29, 1.82) is 0 Å². The van der Waals surface area contributed by atoms with Gasteiger partial charge in [0.25, 0.3) is 0 Å². The maximum absolute atomic E-state index is 11.4. The third kappa shape index (κ3) is 5.10. The molecular weight excluding hydrogens is 292 g/mol. The van der Waals surface area contributed by atoms with Gasteiger partial charge in [-0.25, -0.2) is 9.78 Å². The van der Waals surface area contributed by atoms with Gasteiger partial charge in [-0.2, -0.15) is 4.98 Å². The van der Waals surface area contributed by atoms with Gasteiger partial charge >= 0.3 is 5.97 Å². The van der Waals surface area contributed by atoms with E-state index in [1.165, 1.54) is 6.08 Å².